The van der Waals surface area contributed by atoms with E-state index in [0.29, 0.717) is 11.6 Å². The summed E-state index contributed by atoms with van der Waals surface area (Å²) in [5.74, 6) is 0.676. The molecule has 0 fully saturated rings. The molecule has 0 spiro atoms. The minimum atomic E-state index is -0.521. The topological polar surface area (TPSA) is 56.1 Å². The largest absolute Gasteiger partial charge is 0.444 e. The standard InChI is InChI=1S/C17H24ClN3O2/c1-12-9-13(20-16(22)23-17(2,3)4)10-14-15(12)21(11-19-14)8-6-5-7-18/h9-11H,5-8H2,1-4H3,(H,20,22). The van der Waals surface area contributed by atoms with Crippen LogP contribution < -0.4 is 5.32 Å². The number of halogens is 1. The Morgan fingerprint density at radius 2 is 2.09 bits per heavy atom. The van der Waals surface area contributed by atoms with E-state index in [2.05, 4.69) is 14.9 Å². The van der Waals surface area contributed by atoms with Crippen molar-refractivity contribution in [3.05, 3.63) is 24.0 Å². The highest BCUT2D eigenvalue weighted by atomic mass is 35.5. The number of aromatic nitrogens is 2. The highest BCUT2D eigenvalue weighted by Crippen LogP contribution is 2.24. The number of nitrogens with zero attached hydrogens (tertiary/aromatic N) is 2. The van der Waals surface area contributed by atoms with Crippen molar-refractivity contribution in [2.75, 3.05) is 11.2 Å². The van der Waals surface area contributed by atoms with Crippen LogP contribution in [0.2, 0.25) is 0 Å². The zero-order valence-corrected chi connectivity index (χ0v) is 14.9. The van der Waals surface area contributed by atoms with Crippen molar-refractivity contribution in [2.24, 2.45) is 0 Å². The third-order valence-electron chi connectivity index (χ3n) is 3.33. The molecule has 1 N–H and O–H groups in total. The Morgan fingerprint density at radius 1 is 1.35 bits per heavy atom. The quantitative estimate of drug-likeness (QED) is 0.635. The van der Waals surface area contributed by atoms with Gasteiger partial charge in [-0.1, -0.05) is 0 Å². The summed E-state index contributed by atoms with van der Waals surface area (Å²) in [6.45, 7) is 8.42. The van der Waals surface area contributed by atoms with Crippen molar-refractivity contribution >= 4 is 34.4 Å². The van der Waals surface area contributed by atoms with Crippen LogP contribution in [0.4, 0.5) is 10.5 Å². The number of alkyl halides is 1. The van der Waals surface area contributed by atoms with E-state index in [1.165, 1.54) is 0 Å². The fraction of sp³-hybridized carbons (Fsp3) is 0.529. The van der Waals surface area contributed by atoms with Crippen molar-refractivity contribution < 1.29 is 9.53 Å². The van der Waals surface area contributed by atoms with Gasteiger partial charge in [0, 0.05) is 18.1 Å². The summed E-state index contributed by atoms with van der Waals surface area (Å²) in [5, 5.41) is 2.77. The molecular formula is C17H24ClN3O2. The Labute approximate surface area is 142 Å². The van der Waals surface area contributed by atoms with E-state index < -0.39 is 11.7 Å². The second-order valence-electron chi connectivity index (χ2n) is 6.62. The molecule has 126 valence electrons. The van der Waals surface area contributed by atoms with Gasteiger partial charge in [-0.2, -0.15) is 0 Å². The van der Waals surface area contributed by atoms with Crippen molar-refractivity contribution in [1.29, 1.82) is 0 Å². The first-order valence-corrected chi connectivity index (χ1v) is 8.35. The first-order chi connectivity index (χ1) is 10.8. The van der Waals surface area contributed by atoms with Crippen LogP contribution in [0.5, 0.6) is 0 Å². The van der Waals surface area contributed by atoms with Gasteiger partial charge in [0.25, 0.3) is 0 Å². The number of anilines is 1. The molecule has 0 aliphatic heterocycles. The molecule has 1 aromatic carbocycles. The monoisotopic (exact) mass is 337 g/mol. The highest BCUT2D eigenvalue weighted by molar-refractivity contribution is 6.17. The molecule has 1 heterocycles. The number of hydrogen-bond donors (Lipinski definition) is 1. The van der Waals surface area contributed by atoms with Crippen LogP contribution >= 0.6 is 11.6 Å². The summed E-state index contributed by atoms with van der Waals surface area (Å²) in [7, 11) is 0. The van der Waals surface area contributed by atoms with Crippen LogP contribution in [0, 0.1) is 6.92 Å². The second-order valence-corrected chi connectivity index (χ2v) is 7.00. The second kappa shape index (κ2) is 7.21. The summed E-state index contributed by atoms with van der Waals surface area (Å²) < 4.78 is 7.41. The molecule has 0 aliphatic carbocycles. The molecule has 23 heavy (non-hydrogen) atoms. The number of nitrogens with one attached hydrogen (secondary N) is 1. The average Bonchev–Trinajstić information content (AvgIpc) is 2.80. The number of carbonyl (C=O) groups excluding carboxylic acids is 1. The van der Waals surface area contributed by atoms with Crippen LogP contribution in [0.15, 0.2) is 18.5 Å². The van der Waals surface area contributed by atoms with E-state index >= 15 is 0 Å². The number of fused-ring (bicyclic) bond motifs is 1. The van der Waals surface area contributed by atoms with E-state index in [9.17, 15) is 4.79 Å². The first-order valence-electron chi connectivity index (χ1n) is 7.81. The molecular weight excluding hydrogens is 314 g/mol. The molecule has 5 nitrogen and oxygen atoms in total. The number of carbonyl (C=O) groups is 1. The molecule has 1 amide bonds. The third-order valence-corrected chi connectivity index (χ3v) is 3.60. The molecule has 0 bridgehead atoms. The number of unbranched alkanes of at least 4 members (excludes halogenated alkanes) is 1. The number of aryl methyl sites for hydroxylation is 2. The van der Waals surface area contributed by atoms with Gasteiger partial charge in [-0.05, 0) is 58.2 Å². The summed E-state index contributed by atoms with van der Waals surface area (Å²) in [6.07, 6.45) is 3.38. The zero-order chi connectivity index (χ0) is 17.0. The van der Waals surface area contributed by atoms with E-state index in [4.69, 9.17) is 16.3 Å². The zero-order valence-electron chi connectivity index (χ0n) is 14.1. The maximum absolute atomic E-state index is 11.9. The number of benzene rings is 1. The molecule has 0 saturated carbocycles. The molecule has 0 radical (unpaired) electrons. The number of ether oxygens (including phenoxy) is 1. The SMILES string of the molecule is Cc1cc(NC(=O)OC(C)(C)C)cc2ncn(CCCCCl)c12. The predicted octanol–water partition coefficient (Wildman–Crippen LogP) is 4.71. The predicted molar refractivity (Wildman–Crippen MR) is 94.3 cm³/mol. The van der Waals surface area contributed by atoms with Crippen molar-refractivity contribution in [2.45, 2.75) is 52.7 Å². The van der Waals surface area contributed by atoms with Gasteiger partial charge in [0.1, 0.15) is 5.60 Å². The van der Waals surface area contributed by atoms with E-state index in [0.717, 1.165) is 36.0 Å². The average molecular weight is 338 g/mol. The van der Waals surface area contributed by atoms with E-state index in [1.807, 2.05) is 46.2 Å². The smallest absolute Gasteiger partial charge is 0.412 e. The van der Waals surface area contributed by atoms with Crippen LogP contribution in [-0.2, 0) is 11.3 Å². The lowest BCUT2D eigenvalue weighted by Crippen LogP contribution is -2.27. The molecule has 2 aromatic rings. The van der Waals surface area contributed by atoms with Crippen LogP contribution in [0.3, 0.4) is 0 Å². The van der Waals surface area contributed by atoms with Gasteiger partial charge < -0.3 is 9.30 Å². The lowest BCUT2D eigenvalue weighted by Gasteiger charge is -2.19. The normalized spacial score (nSPS) is 11.7. The van der Waals surface area contributed by atoms with Crippen molar-refractivity contribution in [3.63, 3.8) is 0 Å². The lowest BCUT2D eigenvalue weighted by atomic mass is 10.1. The van der Waals surface area contributed by atoms with Crippen molar-refractivity contribution in [1.82, 2.24) is 9.55 Å². The number of hydrogen-bond acceptors (Lipinski definition) is 3. The summed E-state index contributed by atoms with van der Waals surface area (Å²) in [6, 6.07) is 3.80. The van der Waals surface area contributed by atoms with Gasteiger partial charge >= 0.3 is 6.09 Å². The Morgan fingerprint density at radius 3 is 2.74 bits per heavy atom. The molecule has 0 atom stereocenters. The molecule has 2 rings (SSSR count). The van der Waals surface area contributed by atoms with Crippen LogP contribution in [-0.4, -0.2) is 27.1 Å². The molecule has 0 saturated heterocycles. The summed E-state index contributed by atoms with van der Waals surface area (Å²) in [4.78, 5) is 16.3. The summed E-state index contributed by atoms with van der Waals surface area (Å²) >= 11 is 5.73. The summed E-state index contributed by atoms with van der Waals surface area (Å²) in [5.41, 5.74) is 3.19. The minimum absolute atomic E-state index is 0.460. The fourth-order valence-electron chi connectivity index (χ4n) is 2.46. The number of imidazole rings is 1. The minimum Gasteiger partial charge on any atom is -0.444 e. The fourth-order valence-corrected chi connectivity index (χ4v) is 2.65. The maximum Gasteiger partial charge on any atom is 0.412 e. The van der Waals surface area contributed by atoms with E-state index in [-0.39, 0.29) is 0 Å². The molecule has 0 aliphatic rings. The van der Waals surface area contributed by atoms with Gasteiger partial charge in [-0.3, -0.25) is 5.32 Å². The molecule has 6 heteroatoms. The van der Waals surface area contributed by atoms with Crippen LogP contribution in [0.25, 0.3) is 11.0 Å². The first kappa shape index (κ1) is 17.6. The number of rotatable bonds is 5. The van der Waals surface area contributed by atoms with E-state index in [1.54, 1.807) is 0 Å². The van der Waals surface area contributed by atoms with Gasteiger partial charge in [0.05, 0.1) is 17.4 Å². The molecule has 0 unspecified atom stereocenters. The Hall–Kier alpha value is -1.75. The lowest BCUT2D eigenvalue weighted by molar-refractivity contribution is 0.0636. The molecule has 1 aromatic heterocycles. The highest BCUT2D eigenvalue weighted by Gasteiger charge is 2.17. The van der Waals surface area contributed by atoms with Crippen LogP contribution in [0.1, 0.15) is 39.2 Å². The van der Waals surface area contributed by atoms with Gasteiger partial charge in [0.15, 0.2) is 0 Å². The van der Waals surface area contributed by atoms with Gasteiger partial charge in [-0.15, -0.1) is 11.6 Å². The Bertz CT molecular complexity index is 689. The number of amides is 1. The van der Waals surface area contributed by atoms with Gasteiger partial charge in [0.2, 0.25) is 0 Å². The Balaban J connectivity index is 2.17. The van der Waals surface area contributed by atoms with Gasteiger partial charge in [-0.25, -0.2) is 9.78 Å². The maximum atomic E-state index is 11.9. The Kier molecular flexibility index (Phi) is 5.52. The van der Waals surface area contributed by atoms with Crippen molar-refractivity contribution in [3.8, 4) is 0 Å². The third kappa shape index (κ3) is 4.86.